The maximum absolute atomic E-state index is 5.31. The van der Waals surface area contributed by atoms with Crippen LogP contribution in [0, 0.1) is 0 Å². The van der Waals surface area contributed by atoms with Gasteiger partial charge in [0.05, 0.1) is 13.3 Å². The van der Waals surface area contributed by atoms with Crippen molar-refractivity contribution in [2.24, 2.45) is 7.05 Å². The zero-order valence-corrected chi connectivity index (χ0v) is 10.1. The minimum Gasteiger partial charge on any atom is -0.493 e. The maximum Gasteiger partial charge on any atom is 0.162 e. The number of rotatable bonds is 5. The number of aryl methyl sites for hydroxylation is 1. The molecule has 2 aromatic heterocycles. The number of nitrogens with zero attached hydrogens (tertiary/aromatic N) is 4. The molecule has 7 heteroatoms. The Morgan fingerprint density at radius 1 is 1.59 bits per heavy atom. The molecule has 17 heavy (non-hydrogen) atoms. The quantitative estimate of drug-likeness (QED) is 0.777. The van der Waals surface area contributed by atoms with E-state index in [9.17, 15) is 0 Å². The lowest BCUT2D eigenvalue weighted by Crippen LogP contribution is -2.25. The number of aromatic amines is 1. The third kappa shape index (κ3) is 2.14. The van der Waals surface area contributed by atoms with Crippen LogP contribution in [0.2, 0.25) is 0 Å². The number of nitrogens with one attached hydrogen (secondary N) is 2. The second-order valence-electron chi connectivity index (χ2n) is 3.58. The molecule has 0 saturated carbocycles. The van der Waals surface area contributed by atoms with Gasteiger partial charge < -0.3 is 10.1 Å². The van der Waals surface area contributed by atoms with E-state index in [1.165, 1.54) is 6.33 Å². The van der Waals surface area contributed by atoms with Gasteiger partial charge in [-0.2, -0.15) is 10.2 Å². The van der Waals surface area contributed by atoms with Crippen molar-refractivity contribution in [3.8, 4) is 5.75 Å². The molecule has 0 amide bonds. The van der Waals surface area contributed by atoms with Crippen LogP contribution >= 0.6 is 0 Å². The van der Waals surface area contributed by atoms with Crippen LogP contribution < -0.4 is 10.1 Å². The molecular weight excluding hydrogens is 220 g/mol. The van der Waals surface area contributed by atoms with Crippen molar-refractivity contribution in [2.75, 3.05) is 13.7 Å². The Kier molecular flexibility index (Phi) is 3.38. The molecule has 0 aliphatic rings. The summed E-state index contributed by atoms with van der Waals surface area (Å²) in [4.78, 5) is 4.18. The largest absolute Gasteiger partial charge is 0.493 e. The Morgan fingerprint density at radius 3 is 3.00 bits per heavy atom. The van der Waals surface area contributed by atoms with Crippen LogP contribution in [0.3, 0.4) is 0 Å². The second-order valence-corrected chi connectivity index (χ2v) is 3.58. The van der Waals surface area contributed by atoms with Crippen LogP contribution in [-0.4, -0.2) is 38.6 Å². The van der Waals surface area contributed by atoms with Crippen molar-refractivity contribution >= 4 is 0 Å². The van der Waals surface area contributed by atoms with Crippen molar-refractivity contribution in [2.45, 2.75) is 13.0 Å². The monoisotopic (exact) mass is 236 g/mol. The molecule has 2 aromatic rings. The summed E-state index contributed by atoms with van der Waals surface area (Å²) in [5.74, 6) is 1.48. The van der Waals surface area contributed by atoms with E-state index >= 15 is 0 Å². The molecule has 2 N–H and O–H groups in total. The van der Waals surface area contributed by atoms with Gasteiger partial charge in [0.25, 0.3) is 0 Å². The standard InChI is InChI=1S/C10H16N6O/c1-4-11-8(10-12-6-13-15-10)9-7(17-3)5-14-16(9)2/h5-6,8,11H,4H2,1-3H3,(H,12,13,15). The molecule has 0 radical (unpaired) electrons. The predicted molar refractivity (Wildman–Crippen MR) is 61.7 cm³/mol. The molecule has 1 unspecified atom stereocenters. The summed E-state index contributed by atoms with van der Waals surface area (Å²) in [5, 5.41) is 14.3. The highest BCUT2D eigenvalue weighted by atomic mass is 16.5. The van der Waals surface area contributed by atoms with E-state index in [2.05, 4.69) is 25.6 Å². The van der Waals surface area contributed by atoms with Crippen LogP contribution in [0.5, 0.6) is 5.75 Å². The zero-order chi connectivity index (χ0) is 12.3. The van der Waals surface area contributed by atoms with Gasteiger partial charge in [0.1, 0.15) is 23.9 Å². The molecular formula is C10H16N6O. The lowest BCUT2D eigenvalue weighted by atomic mass is 10.2. The van der Waals surface area contributed by atoms with Gasteiger partial charge in [0.15, 0.2) is 5.75 Å². The molecule has 1 atom stereocenters. The van der Waals surface area contributed by atoms with E-state index in [-0.39, 0.29) is 6.04 Å². The number of hydrogen-bond donors (Lipinski definition) is 2. The maximum atomic E-state index is 5.31. The third-order valence-corrected chi connectivity index (χ3v) is 2.56. The SMILES string of the molecule is CCNC(c1ncn[nH]1)c1c(OC)cnn1C. The van der Waals surface area contributed by atoms with E-state index in [4.69, 9.17) is 4.74 Å². The van der Waals surface area contributed by atoms with Gasteiger partial charge in [-0.1, -0.05) is 6.92 Å². The van der Waals surface area contributed by atoms with Crippen molar-refractivity contribution < 1.29 is 4.74 Å². The first kappa shape index (κ1) is 11.6. The molecule has 0 fully saturated rings. The fourth-order valence-corrected chi connectivity index (χ4v) is 1.79. The summed E-state index contributed by atoms with van der Waals surface area (Å²) in [5.41, 5.74) is 0.922. The van der Waals surface area contributed by atoms with Gasteiger partial charge in [-0.25, -0.2) is 4.98 Å². The molecule has 0 spiro atoms. The Labute approximate surface area is 99.2 Å². The lowest BCUT2D eigenvalue weighted by Gasteiger charge is -2.16. The van der Waals surface area contributed by atoms with Gasteiger partial charge in [0, 0.05) is 7.05 Å². The van der Waals surface area contributed by atoms with Crippen LogP contribution in [0.15, 0.2) is 12.5 Å². The third-order valence-electron chi connectivity index (χ3n) is 2.56. The molecule has 0 bridgehead atoms. The molecule has 2 heterocycles. The minimum atomic E-state index is -0.107. The fraction of sp³-hybridized carbons (Fsp3) is 0.500. The number of aromatic nitrogens is 5. The van der Waals surface area contributed by atoms with E-state index in [1.54, 1.807) is 18.0 Å². The van der Waals surface area contributed by atoms with Crippen molar-refractivity contribution in [3.05, 3.63) is 24.0 Å². The van der Waals surface area contributed by atoms with Gasteiger partial charge in [0.2, 0.25) is 0 Å². The number of H-pyrrole nitrogens is 1. The van der Waals surface area contributed by atoms with E-state index in [0.717, 1.165) is 23.8 Å². The molecule has 2 rings (SSSR count). The van der Waals surface area contributed by atoms with Crippen molar-refractivity contribution in [1.29, 1.82) is 0 Å². The van der Waals surface area contributed by atoms with Crippen LogP contribution in [0.4, 0.5) is 0 Å². The molecule has 0 aliphatic heterocycles. The highest BCUT2D eigenvalue weighted by Crippen LogP contribution is 2.27. The van der Waals surface area contributed by atoms with Crippen molar-refractivity contribution in [3.63, 3.8) is 0 Å². The van der Waals surface area contributed by atoms with E-state index in [1.807, 2.05) is 14.0 Å². The van der Waals surface area contributed by atoms with Crippen molar-refractivity contribution in [1.82, 2.24) is 30.3 Å². The smallest absolute Gasteiger partial charge is 0.162 e. The van der Waals surface area contributed by atoms with Gasteiger partial charge in [-0.15, -0.1) is 0 Å². The van der Waals surface area contributed by atoms with Crippen LogP contribution in [-0.2, 0) is 7.05 Å². The fourth-order valence-electron chi connectivity index (χ4n) is 1.79. The summed E-state index contributed by atoms with van der Waals surface area (Å²) in [7, 11) is 3.50. The topological polar surface area (TPSA) is 80.7 Å². The van der Waals surface area contributed by atoms with Crippen LogP contribution in [0.25, 0.3) is 0 Å². The Morgan fingerprint density at radius 2 is 2.41 bits per heavy atom. The lowest BCUT2D eigenvalue weighted by molar-refractivity contribution is 0.399. The van der Waals surface area contributed by atoms with Gasteiger partial charge >= 0.3 is 0 Å². The highest BCUT2D eigenvalue weighted by Gasteiger charge is 2.23. The minimum absolute atomic E-state index is 0.107. The summed E-state index contributed by atoms with van der Waals surface area (Å²) in [6.07, 6.45) is 3.18. The first-order valence-electron chi connectivity index (χ1n) is 5.42. The number of ether oxygens (including phenoxy) is 1. The highest BCUT2D eigenvalue weighted by molar-refractivity contribution is 5.31. The molecule has 0 aromatic carbocycles. The number of hydrogen-bond acceptors (Lipinski definition) is 5. The van der Waals surface area contributed by atoms with E-state index < -0.39 is 0 Å². The Balaban J connectivity index is 2.42. The Bertz CT molecular complexity index is 463. The predicted octanol–water partition coefficient (Wildman–Crippen LogP) is 0.246. The molecule has 92 valence electrons. The average Bonchev–Trinajstić information content (AvgIpc) is 2.95. The Hall–Kier alpha value is -1.89. The van der Waals surface area contributed by atoms with Gasteiger partial charge in [-0.05, 0) is 6.54 Å². The van der Waals surface area contributed by atoms with Crippen LogP contribution in [0.1, 0.15) is 24.5 Å². The first-order chi connectivity index (χ1) is 8.27. The molecule has 7 nitrogen and oxygen atoms in total. The first-order valence-corrected chi connectivity index (χ1v) is 5.42. The van der Waals surface area contributed by atoms with E-state index in [0.29, 0.717) is 0 Å². The zero-order valence-electron chi connectivity index (χ0n) is 10.1. The van der Waals surface area contributed by atoms with Gasteiger partial charge in [-0.3, -0.25) is 9.78 Å². The number of methoxy groups -OCH3 is 1. The summed E-state index contributed by atoms with van der Waals surface area (Å²) in [6.45, 7) is 2.84. The normalized spacial score (nSPS) is 12.6. The summed E-state index contributed by atoms with van der Waals surface area (Å²) < 4.78 is 7.08. The average molecular weight is 236 g/mol. The summed E-state index contributed by atoms with van der Waals surface area (Å²) >= 11 is 0. The molecule has 0 aliphatic carbocycles. The summed E-state index contributed by atoms with van der Waals surface area (Å²) in [6, 6.07) is -0.107. The second kappa shape index (κ2) is 4.96. The molecule has 0 saturated heterocycles.